The lowest BCUT2D eigenvalue weighted by Crippen LogP contribution is -2.30. The fourth-order valence-electron chi connectivity index (χ4n) is 1.92. The average Bonchev–Trinajstić information content (AvgIpc) is 2.01. The molecular formula is C13H29N. The maximum atomic E-state index is 5.92. The Morgan fingerprint density at radius 2 is 1.64 bits per heavy atom. The maximum Gasteiger partial charge on any atom is 0.00362 e. The van der Waals surface area contributed by atoms with Crippen molar-refractivity contribution in [1.29, 1.82) is 0 Å². The molecule has 0 amide bonds. The molecular weight excluding hydrogens is 170 g/mol. The third-order valence-corrected chi connectivity index (χ3v) is 3.42. The third kappa shape index (κ3) is 4.99. The highest BCUT2D eigenvalue weighted by atomic mass is 14.6. The fraction of sp³-hybridized carbons (Fsp3) is 1.00. The quantitative estimate of drug-likeness (QED) is 0.715. The molecule has 14 heavy (non-hydrogen) atoms. The lowest BCUT2D eigenvalue weighted by Gasteiger charge is -2.33. The first-order valence-electron chi connectivity index (χ1n) is 6.04. The van der Waals surface area contributed by atoms with Gasteiger partial charge in [-0.25, -0.2) is 0 Å². The summed E-state index contributed by atoms with van der Waals surface area (Å²) in [5.74, 6) is 1.46. The molecule has 86 valence electrons. The molecule has 3 unspecified atom stereocenters. The molecule has 0 radical (unpaired) electrons. The average molecular weight is 199 g/mol. The Kier molecular flexibility index (Phi) is 5.73. The summed E-state index contributed by atoms with van der Waals surface area (Å²) in [6.45, 7) is 13.7. The van der Waals surface area contributed by atoms with Crippen LogP contribution in [0.2, 0.25) is 0 Å². The Bertz CT molecular complexity index is 144. The second-order valence-corrected chi connectivity index (χ2v) is 5.92. The van der Waals surface area contributed by atoms with Crippen molar-refractivity contribution in [3.63, 3.8) is 0 Å². The Balaban J connectivity index is 4.23. The minimum atomic E-state index is 0.330. The Hall–Kier alpha value is -0.0400. The second-order valence-electron chi connectivity index (χ2n) is 5.92. The smallest absolute Gasteiger partial charge is 0.00362 e. The summed E-state index contributed by atoms with van der Waals surface area (Å²) in [6.07, 6.45) is 3.89. The molecule has 0 spiro atoms. The molecule has 0 heterocycles. The fourth-order valence-corrected chi connectivity index (χ4v) is 1.92. The SMILES string of the molecule is CCCC(CC(C)C(C)N)C(C)(C)C. The minimum absolute atomic E-state index is 0.330. The van der Waals surface area contributed by atoms with Crippen LogP contribution in [0.4, 0.5) is 0 Å². The van der Waals surface area contributed by atoms with Gasteiger partial charge < -0.3 is 5.73 Å². The predicted octanol–water partition coefficient (Wildman–Crippen LogP) is 3.82. The van der Waals surface area contributed by atoms with Crippen LogP contribution in [0.1, 0.15) is 60.8 Å². The van der Waals surface area contributed by atoms with Crippen molar-refractivity contribution in [2.75, 3.05) is 0 Å². The van der Waals surface area contributed by atoms with Crippen molar-refractivity contribution < 1.29 is 0 Å². The molecule has 0 bridgehead atoms. The van der Waals surface area contributed by atoms with Crippen LogP contribution in [0.15, 0.2) is 0 Å². The summed E-state index contributed by atoms with van der Waals surface area (Å²) < 4.78 is 0. The summed E-state index contributed by atoms with van der Waals surface area (Å²) in [6, 6.07) is 0.330. The molecule has 0 aliphatic carbocycles. The molecule has 1 heteroatoms. The van der Waals surface area contributed by atoms with E-state index in [1.165, 1.54) is 19.3 Å². The van der Waals surface area contributed by atoms with Crippen molar-refractivity contribution >= 4 is 0 Å². The number of nitrogens with two attached hydrogens (primary N) is 1. The van der Waals surface area contributed by atoms with E-state index in [0.29, 0.717) is 17.4 Å². The summed E-state index contributed by atoms with van der Waals surface area (Å²) >= 11 is 0. The molecule has 0 aliphatic rings. The zero-order valence-electron chi connectivity index (χ0n) is 10.9. The van der Waals surface area contributed by atoms with Crippen LogP contribution in [0, 0.1) is 17.3 Å². The van der Waals surface area contributed by atoms with Gasteiger partial charge in [-0.15, -0.1) is 0 Å². The van der Waals surface area contributed by atoms with Crippen molar-refractivity contribution in [2.24, 2.45) is 23.0 Å². The van der Waals surface area contributed by atoms with Gasteiger partial charge in [0.1, 0.15) is 0 Å². The zero-order valence-corrected chi connectivity index (χ0v) is 10.9. The molecule has 3 atom stereocenters. The predicted molar refractivity (Wildman–Crippen MR) is 65.3 cm³/mol. The molecule has 0 aliphatic heterocycles. The van der Waals surface area contributed by atoms with Crippen LogP contribution in [-0.2, 0) is 0 Å². The standard InChI is InChI=1S/C13H29N/c1-7-8-12(13(4,5)6)9-10(2)11(3)14/h10-12H,7-9,14H2,1-6H3. The van der Waals surface area contributed by atoms with Gasteiger partial charge in [0.15, 0.2) is 0 Å². The van der Waals surface area contributed by atoms with E-state index in [-0.39, 0.29) is 0 Å². The molecule has 2 N–H and O–H groups in total. The third-order valence-electron chi connectivity index (χ3n) is 3.42. The van der Waals surface area contributed by atoms with E-state index < -0.39 is 0 Å². The summed E-state index contributed by atoms with van der Waals surface area (Å²) in [7, 11) is 0. The summed E-state index contributed by atoms with van der Waals surface area (Å²) in [5, 5.41) is 0. The van der Waals surface area contributed by atoms with E-state index >= 15 is 0 Å². The van der Waals surface area contributed by atoms with Crippen LogP contribution in [-0.4, -0.2) is 6.04 Å². The number of rotatable bonds is 5. The highest BCUT2D eigenvalue weighted by Crippen LogP contribution is 2.35. The van der Waals surface area contributed by atoms with Crippen molar-refractivity contribution in [1.82, 2.24) is 0 Å². The van der Waals surface area contributed by atoms with Gasteiger partial charge >= 0.3 is 0 Å². The Morgan fingerprint density at radius 3 is 1.93 bits per heavy atom. The molecule has 0 aromatic heterocycles. The van der Waals surface area contributed by atoms with Crippen molar-refractivity contribution in [2.45, 2.75) is 66.8 Å². The molecule has 0 saturated heterocycles. The van der Waals surface area contributed by atoms with Crippen molar-refractivity contribution in [3.05, 3.63) is 0 Å². The summed E-state index contributed by atoms with van der Waals surface area (Å²) in [5.41, 5.74) is 6.35. The first kappa shape index (κ1) is 14.0. The Morgan fingerprint density at radius 1 is 1.14 bits per heavy atom. The monoisotopic (exact) mass is 199 g/mol. The van der Waals surface area contributed by atoms with Gasteiger partial charge in [-0.2, -0.15) is 0 Å². The van der Waals surface area contributed by atoms with E-state index in [1.54, 1.807) is 0 Å². The first-order chi connectivity index (χ1) is 6.29. The first-order valence-corrected chi connectivity index (χ1v) is 6.04. The number of hydrogen-bond acceptors (Lipinski definition) is 1. The van der Waals surface area contributed by atoms with Crippen LogP contribution in [0.3, 0.4) is 0 Å². The van der Waals surface area contributed by atoms with Crippen LogP contribution < -0.4 is 5.73 Å². The highest BCUT2D eigenvalue weighted by Gasteiger charge is 2.26. The maximum absolute atomic E-state index is 5.92. The van der Waals surface area contributed by atoms with E-state index in [9.17, 15) is 0 Å². The van der Waals surface area contributed by atoms with Gasteiger partial charge in [0.25, 0.3) is 0 Å². The molecule has 1 nitrogen and oxygen atoms in total. The second kappa shape index (κ2) is 5.75. The number of hydrogen-bond donors (Lipinski definition) is 1. The lowest BCUT2D eigenvalue weighted by atomic mass is 9.73. The van der Waals surface area contributed by atoms with Crippen molar-refractivity contribution in [3.8, 4) is 0 Å². The van der Waals surface area contributed by atoms with Gasteiger partial charge in [0, 0.05) is 6.04 Å². The summed E-state index contributed by atoms with van der Waals surface area (Å²) in [4.78, 5) is 0. The Labute approximate surface area is 90.5 Å². The topological polar surface area (TPSA) is 26.0 Å². The van der Waals surface area contributed by atoms with Crippen LogP contribution in [0.25, 0.3) is 0 Å². The minimum Gasteiger partial charge on any atom is -0.328 e. The van der Waals surface area contributed by atoms with Crippen LogP contribution in [0.5, 0.6) is 0 Å². The zero-order chi connectivity index (χ0) is 11.4. The van der Waals surface area contributed by atoms with E-state index in [4.69, 9.17) is 5.73 Å². The van der Waals surface area contributed by atoms with Crippen LogP contribution >= 0.6 is 0 Å². The largest absolute Gasteiger partial charge is 0.328 e. The highest BCUT2D eigenvalue weighted by molar-refractivity contribution is 4.77. The van der Waals surface area contributed by atoms with E-state index in [1.807, 2.05) is 0 Å². The van der Waals surface area contributed by atoms with Gasteiger partial charge in [0.05, 0.1) is 0 Å². The molecule has 0 rings (SSSR count). The normalized spacial score (nSPS) is 19.1. The van der Waals surface area contributed by atoms with Gasteiger partial charge in [-0.1, -0.05) is 47.5 Å². The lowest BCUT2D eigenvalue weighted by molar-refractivity contribution is 0.179. The van der Waals surface area contributed by atoms with E-state index in [2.05, 4.69) is 41.5 Å². The molecule has 0 fully saturated rings. The van der Waals surface area contributed by atoms with Gasteiger partial charge in [-0.05, 0) is 30.6 Å². The molecule has 0 aromatic carbocycles. The van der Waals surface area contributed by atoms with Gasteiger partial charge in [0.2, 0.25) is 0 Å². The molecule has 0 saturated carbocycles. The molecule has 0 aromatic rings. The van der Waals surface area contributed by atoms with E-state index in [0.717, 1.165) is 5.92 Å². The van der Waals surface area contributed by atoms with Gasteiger partial charge in [-0.3, -0.25) is 0 Å².